The molecule has 0 amide bonds. The molecule has 0 aliphatic heterocycles. The molecule has 2 nitrogen and oxygen atoms in total. The number of hydrogen-bond acceptors (Lipinski definition) is 1. The van der Waals surface area contributed by atoms with Gasteiger partial charge in [-0.15, -0.1) is 0 Å². The van der Waals surface area contributed by atoms with Crippen LogP contribution in [0.25, 0.3) is 93.2 Å². The highest BCUT2D eigenvalue weighted by atomic mass is 15.1. The van der Waals surface area contributed by atoms with Gasteiger partial charge in [0.1, 0.15) is 0 Å². The second kappa shape index (κ2) is 13.9. The predicted octanol–water partition coefficient (Wildman–Crippen LogP) is 16.2. The van der Waals surface area contributed by atoms with Gasteiger partial charge in [-0.25, -0.2) is 0 Å². The third kappa shape index (κ3) is 5.50. The van der Waals surface area contributed by atoms with Crippen molar-refractivity contribution in [3.05, 3.63) is 231 Å². The van der Waals surface area contributed by atoms with Crippen molar-refractivity contribution >= 4 is 71.2 Å². The fraction of sp³-hybridized carbons (Fsp3) is 0. The summed E-state index contributed by atoms with van der Waals surface area (Å²) in [5, 5.41) is 10.2. The van der Waals surface area contributed by atoms with E-state index in [4.69, 9.17) is 0 Å². The van der Waals surface area contributed by atoms with E-state index in [1.807, 2.05) is 0 Å². The molecule has 280 valence electrons. The second-order valence-electron chi connectivity index (χ2n) is 15.7. The van der Waals surface area contributed by atoms with Crippen LogP contribution in [0.1, 0.15) is 0 Å². The first kappa shape index (κ1) is 34.1. The van der Waals surface area contributed by atoms with Crippen molar-refractivity contribution in [3.8, 4) is 39.1 Å². The van der Waals surface area contributed by atoms with Gasteiger partial charge in [-0.2, -0.15) is 0 Å². The predicted molar refractivity (Wildman–Crippen MR) is 255 cm³/mol. The molecule has 0 saturated carbocycles. The van der Waals surface area contributed by atoms with Crippen molar-refractivity contribution in [1.82, 2.24) is 4.57 Å². The van der Waals surface area contributed by atoms with Crippen LogP contribution in [0.3, 0.4) is 0 Å². The van der Waals surface area contributed by atoms with E-state index >= 15 is 0 Å². The summed E-state index contributed by atoms with van der Waals surface area (Å²) in [5.41, 5.74) is 14.3. The van der Waals surface area contributed by atoms with E-state index in [2.05, 4.69) is 240 Å². The van der Waals surface area contributed by atoms with Gasteiger partial charge in [0.15, 0.2) is 0 Å². The van der Waals surface area contributed by atoms with Crippen LogP contribution in [0.4, 0.5) is 17.1 Å². The maximum absolute atomic E-state index is 2.50. The Bertz CT molecular complexity index is 3440. The normalized spacial score (nSPS) is 11.7. The van der Waals surface area contributed by atoms with Crippen LogP contribution < -0.4 is 4.90 Å². The minimum absolute atomic E-state index is 1.12. The molecule has 0 spiro atoms. The number of hydrogen-bond donors (Lipinski definition) is 0. The fourth-order valence-corrected chi connectivity index (χ4v) is 9.53. The Morgan fingerprint density at radius 2 is 0.783 bits per heavy atom. The van der Waals surface area contributed by atoms with Gasteiger partial charge in [0.2, 0.25) is 0 Å². The van der Waals surface area contributed by atoms with Gasteiger partial charge >= 0.3 is 0 Å². The zero-order chi connectivity index (χ0) is 39.6. The van der Waals surface area contributed by atoms with Gasteiger partial charge in [0, 0.05) is 38.9 Å². The molecule has 12 aromatic rings. The lowest BCUT2D eigenvalue weighted by Gasteiger charge is -2.25. The number of fused-ring (bicyclic) bond motifs is 4. The molecule has 2 heteroatoms. The molecule has 0 fully saturated rings. The number of rotatable bonds is 7. The van der Waals surface area contributed by atoms with E-state index in [0.29, 0.717) is 0 Å². The largest absolute Gasteiger partial charge is 0.311 e. The summed E-state index contributed by atoms with van der Waals surface area (Å²) in [7, 11) is 0. The molecule has 0 N–H and O–H groups in total. The Hall–Kier alpha value is -7.94. The lowest BCUT2D eigenvalue weighted by molar-refractivity contribution is 1.19. The molecule has 1 aromatic heterocycles. The van der Waals surface area contributed by atoms with Crippen molar-refractivity contribution in [2.24, 2.45) is 0 Å². The van der Waals surface area contributed by atoms with E-state index in [1.54, 1.807) is 0 Å². The van der Waals surface area contributed by atoms with E-state index in [9.17, 15) is 0 Å². The lowest BCUT2D eigenvalue weighted by Crippen LogP contribution is -2.09. The highest BCUT2D eigenvalue weighted by Crippen LogP contribution is 2.46. The summed E-state index contributed by atoms with van der Waals surface area (Å²) >= 11 is 0. The van der Waals surface area contributed by atoms with Gasteiger partial charge < -0.3 is 9.47 Å². The monoisotopic (exact) mass is 762 g/mol. The first-order valence-corrected chi connectivity index (χ1v) is 20.7. The number of benzene rings is 11. The van der Waals surface area contributed by atoms with Crippen LogP contribution in [0.15, 0.2) is 231 Å². The SMILES string of the molecule is c1ccc(-c2ccc(-n3c4cc(-c5ccccc5)ccc4c4cc5ccc6c(-c7ccc(N(c8ccccc8)c8ccccc8)cc7)ccc7ccc(c5c76)c43)cc2)cc1. The third-order valence-corrected chi connectivity index (χ3v) is 12.3. The Labute approximate surface area is 348 Å². The average Bonchev–Trinajstić information content (AvgIpc) is 3.65. The standard InChI is InChI=1S/C58H38N2/c1-5-13-39(14-6-1)41-21-29-49(30-22-41)60-55-38-44(40-15-7-2-8-16-40)27-34-51(55)54-37-45-28-35-52-50(33-25-43-26-36-53(58(54)60)57(45)56(43)52)42-23-31-48(32-24-42)59(46-17-9-3-10-18-46)47-19-11-4-12-20-47/h1-38H. The summed E-state index contributed by atoms with van der Waals surface area (Å²) in [6.07, 6.45) is 0. The molecular formula is C58H38N2. The van der Waals surface area contributed by atoms with Gasteiger partial charge in [0.25, 0.3) is 0 Å². The fourth-order valence-electron chi connectivity index (χ4n) is 9.53. The average molecular weight is 763 g/mol. The third-order valence-electron chi connectivity index (χ3n) is 12.3. The number of para-hydroxylation sites is 2. The smallest absolute Gasteiger partial charge is 0.0620 e. The molecule has 0 bridgehead atoms. The first-order chi connectivity index (χ1) is 29.8. The summed E-state index contributed by atoms with van der Waals surface area (Å²) in [6, 6.07) is 84.1. The highest BCUT2D eigenvalue weighted by molar-refractivity contribution is 6.33. The van der Waals surface area contributed by atoms with Crippen LogP contribution in [0.2, 0.25) is 0 Å². The van der Waals surface area contributed by atoms with Crippen LogP contribution >= 0.6 is 0 Å². The highest BCUT2D eigenvalue weighted by Gasteiger charge is 2.21. The van der Waals surface area contributed by atoms with Crippen molar-refractivity contribution in [2.45, 2.75) is 0 Å². The van der Waals surface area contributed by atoms with Crippen molar-refractivity contribution in [1.29, 1.82) is 0 Å². The Morgan fingerprint density at radius 1 is 0.300 bits per heavy atom. The summed E-state index contributed by atoms with van der Waals surface area (Å²) in [4.78, 5) is 2.32. The maximum Gasteiger partial charge on any atom is 0.0620 e. The van der Waals surface area contributed by atoms with Crippen molar-refractivity contribution in [3.63, 3.8) is 0 Å². The molecule has 1 heterocycles. The number of aromatic nitrogens is 1. The molecule has 0 unspecified atom stereocenters. The van der Waals surface area contributed by atoms with E-state index in [1.165, 1.54) is 87.5 Å². The zero-order valence-corrected chi connectivity index (χ0v) is 32.8. The van der Waals surface area contributed by atoms with E-state index in [-0.39, 0.29) is 0 Å². The summed E-state index contributed by atoms with van der Waals surface area (Å²) in [5.74, 6) is 0. The summed E-state index contributed by atoms with van der Waals surface area (Å²) < 4.78 is 2.50. The second-order valence-corrected chi connectivity index (χ2v) is 15.7. The molecule has 12 rings (SSSR count). The molecule has 0 saturated heterocycles. The van der Waals surface area contributed by atoms with E-state index in [0.717, 1.165) is 22.7 Å². The Balaban J connectivity index is 1.06. The van der Waals surface area contributed by atoms with Crippen LogP contribution in [0, 0.1) is 0 Å². The molecule has 0 atom stereocenters. The van der Waals surface area contributed by atoms with Crippen LogP contribution in [-0.4, -0.2) is 4.57 Å². The lowest BCUT2D eigenvalue weighted by atomic mass is 9.89. The van der Waals surface area contributed by atoms with Crippen molar-refractivity contribution in [2.75, 3.05) is 4.90 Å². The molecule has 0 aliphatic rings. The van der Waals surface area contributed by atoms with E-state index < -0.39 is 0 Å². The molecule has 60 heavy (non-hydrogen) atoms. The minimum Gasteiger partial charge on any atom is -0.311 e. The Morgan fingerprint density at radius 3 is 1.45 bits per heavy atom. The number of nitrogens with zero attached hydrogens (tertiary/aromatic N) is 2. The van der Waals surface area contributed by atoms with Crippen LogP contribution in [0.5, 0.6) is 0 Å². The van der Waals surface area contributed by atoms with Crippen LogP contribution in [-0.2, 0) is 0 Å². The number of anilines is 3. The topological polar surface area (TPSA) is 8.17 Å². The summed E-state index contributed by atoms with van der Waals surface area (Å²) in [6.45, 7) is 0. The quantitative estimate of drug-likeness (QED) is 0.147. The Kier molecular flexibility index (Phi) is 7.89. The minimum atomic E-state index is 1.12. The molecule has 0 radical (unpaired) electrons. The zero-order valence-electron chi connectivity index (χ0n) is 32.8. The van der Waals surface area contributed by atoms with Crippen molar-refractivity contribution < 1.29 is 0 Å². The van der Waals surface area contributed by atoms with Gasteiger partial charge in [-0.1, -0.05) is 170 Å². The van der Waals surface area contributed by atoms with Gasteiger partial charge in [0.05, 0.1) is 11.0 Å². The first-order valence-electron chi connectivity index (χ1n) is 20.7. The molecular weight excluding hydrogens is 725 g/mol. The van der Waals surface area contributed by atoms with Gasteiger partial charge in [-0.3, -0.25) is 0 Å². The van der Waals surface area contributed by atoms with Gasteiger partial charge in [-0.05, 0) is 121 Å². The molecule has 11 aromatic carbocycles. The molecule has 0 aliphatic carbocycles. The maximum atomic E-state index is 2.50.